The number of nitrogens with zero attached hydrogens (tertiary/aromatic N) is 5. The number of hydrogen-bond acceptors (Lipinski definition) is 6. The van der Waals surface area contributed by atoms with Gasteiger partial charge >= 0.3 is 0 Å². The van der Waals surface area contributed by atoms with Gasteiger partial charge in [0.15, 0.2) is 0 Å². The van der Waals surface area contributed by atoms with Gasteiger partial charge in [-0.2, -0.15) is 10.4 Å². The molecule has 3 aromatic rings. The van der Waals surface area contributed by atoms with Crippen LogP contribution in [0, 0.1) is 18.3 Å². The number of nitrogens with one attached hydrogen (secondary N) is 1. The summed E-state index contributed by atoms with van der Waals surface area (Å²) < 4.78 is 7.33. The summed E-state index contributed by atoms with van der Waals surface area (Å²) in [5.41, 5.74) is 6.39. The Morgan fingerprint density at radius 3 is 2.70 bits per heavy atom. The van der Waals surface area contributed by atoms with Crippen molar-refractivity contribution < 1.29 is 9.53 Å². The number of carbonyl (C=O) groups excluding carboxylic acids is 1. The first-order valence-corrected chi connectivity index (χ1v) is 11.0. The Kier molecular flexibility index (Phi) is 6.43. The first-order valence-electron chi connectivity index (χ1n) is 11.0. The lowest BCUT2D eigenvalue weighted by atomic mass is 10.0. The van der Waals surface area contributed by atoms with Crippen molar-refractivity contribution in [3.8, 4) is 6.07 Å². The summed E-state index contributed by atoms with van der Waals surface area (Å²) in [5, 5.41) is 16.4. The van der Waals surface area contributed by atoms with Crippen LogP contribution < -0.4 is 10.2 Å². The lowest BCUT2D eigenvalue weighted by Gasteiger charge is -2.38. The molecule has 8 heteroatoms. The Balaban J connectivity index is 1.45. The topological polar surface area (TPSA) is 96.1 Å². The van der Waals surface area contributed by atoms with E-state index in [4.69, 9.17) is 15.0 Å². The van der Waals surface area contributed by atoms with Crippen LogP contribution in [0.5, 0.6) is 0 Å². The van der Waals surface area contributed by atoms with E-state index in [1.54, 1.807) is 7.11 Å². The summed E-state index contributed by atoms with van der Waals surface area (Å²) in [6.45, 7) is 4.48. The van der Waals surface area contributed by atoms with Crippen molar-refractivity contribution in [1.29, 1.82) is 5.26 Å². The van der Waals surface area contributed by atoms with E-state index in [9.17, 15) is 4.79 Å². The average molecular weight is 445 g/mol. The number of ether oxygens (including phenoxy) is 1. The molecule has 2 aromatic heterocycles. The summed E-state index contributed by atoms with van der Waals surface area (Å²) in [6, 6.07) is 11.3. The number of aromatic nitrogens is 3. The molecule has 1 aliphatic rings. The van der Waals surface area contributed by atoms with Gasteiger partial charge in [-0.25, -0.2) is 0 Å². The molecule has 4 rings (SSSR count). The van der Waals surface area contributed by atoms with E-state index in [2.05, 4.69) is 22.6 Å². The Labute approximate surface area is 193 Å². The second-order valence-corrected chi connectivity index (χ2v) is 8.43. The normalized spacial score (nSPS) is 16.2. The average Bonchev–Trinajstić information content (AvgIpc) is 3.26. The van der Waals surface area contributed by atoms with E-state index in [-0.39, 0.29) is 12.0 Å². The minimum Gasteiger partial charge on any atom is -0.379 e. The highest BCUT2D eigenvalue weighted by Crippen LogP contribution is 2.35. The molecule has 0 saturated carbocycles. The number of pyridine rings is 1. The van der Waals surface area contributed by atoms with Crippen molar-refractivity contribution in [2.75, 3.05) is 24.4 Å². The molecule has 8 nitrogen and oxygen atoms in total. The maximum atomic E-state index is 12.6. The van der Waals surface area contributed by atoms with Crippen molar-refractivity contribution in [1.82, 2.24) is 14.8 Å². The number of nitriles is 1. The number of hydrogen-bond donors (Lipinski definition) is 1. The SMILES string of the molecule is CO[C@H](C)[C@H]1C(=O)Nc2c(cc(CCc3cnn(Cc4ccc(C#N)cc4)c3)nc2C)N1C. The van der Waals surface area contributed by atoms with E-state index < -0.39 is 6.04 Å². The van der Waals surface area contributed by atoms with Crippen molar-refractivity contribution in [3.63, 3.8) is 0 Å². The van der Waals surface area contributed by atoms with Crippen LogP contribution in [0.4, 0.5) is 11.4 Å². The summed E-state index contributed by atoms with van der Waals surface area (Å²) in [5.74, 6) is -0.0772. The van der Waals surface area contributed by atoms with E-state index in [1.165, 1.54) is 0 Å². The summed E-state index contributed by atoms with van der Waals surface area (Å²) in [7, 11) is 3.54. The number of rotatable bonds is 7. The summed E-state index contributed by atoms with van der Waals surface area (Å²) in [4.78, 5) is 19.3. The molecular weight excluding hydrogens is 416 g/mol. The van der Waals surface area contributed by atoms with Gasteiger partial charge in [-0.15, -0.1) is 0 Å². The van der Waals surface area contributed by atoms with Gasteiger partial charge < -0.3 is 15.0 Å². The summed E-state index contributed by atoms with van der Waals surface area (Å²) >= 11 is 0. The predicted molar refractivity (Wildman–Crippen MR) is 126 cm³/mol. The Morgan fingerprint density at radius 1 is 1.24 bits per heavy atom. The third-order valence-electron chi connectivity index (χ3n) is 6.15. The largest absolute Gasteiger partial charge is 0.379 e. The van der Waals surface area contributed by atoms with Crippen LogP contribution >= 0.6 is 0 Å². The van der Waals surface area contributed by atoms with Gasteiger partial charge in [-0.1, -0.05) is 12.1 Å². The second kappa shape index (κ2) is 9.43. The van der Waals surface area contributed by atoms with Gasteiger partial charge in [0.05, 0.1) is 47.5 Å². The molecule has 1 N–H and O–H groups in total. The molecule has 3 heterocycles. The molecular formula is C25H28N6O2. The minimum absolute atomic E-state index is 0.0772. The summed E-state index contributed by atoms with van der Waals surface area (Å²) in [6.07, 6.45) is 5.28. The monoisotopic (exact) mass is 444 g/mol. The Bertz CT molecular complexity index is 1190. The zero-order valence-electron chi connectivity index (χ0n) is 19.4. The van der Waals surface area contributed by atoms with E-state index >= 15 is 0 Å². The standard InChI is InChI=1S/C25H28N6O2/c1-16-23-22(30(3)24(17(2)33-4)25(32)29-23)11-21(28-16)10-9-20-13-27-31(15-20)14-19-7-5-18(12-26)6-8-19/h5-8,11,13,15,17,24H,9-10,14H2,1-4H3,(H,29,32)/t17-,24+/m1/s1. The number of benzene rings is 1. The van der Waals surface area contributed by atoms with Gasteiger partial charge in [-0.3, -0.25) is 14.5 Å². The predicted octanol–water partition coefficient (Wildman–Crippen LogP) is 3.08. The zero-order valence-corrected chi connectivity index (χ0v) is 19.4. The smallest absolute Gasteiger partial charge is 0.249 e. The van der Waals surface area contributed by atoms with Crippen molar-refractivity contribution in [2.24, 2.45) is 0 Å². The number of aryl methyl sites for hydroxylation is 3. The Hall–Kier alpha value is -3.70. The van der Waals surface area contributed by atoms with Crippen LogP contribution in [0.15, 0.2) is 42.7 Å². The number of anilines is 2. The molecule has 0 unspecified atom stereocenters. The van der Waals surface area contributed by atoms with Gasteiger partial charge in [0.25, 0.3) is 0 Å². The van der Waals surface area contributed by atoms with Crippen LogP contribution in [-0.4, -0.2) is 47.0 Å². The molecule has 0 saturated heterocycles. The van der Waals surface area contributed by atoms with Crippen LogP contribution in [0.3, 0.4) is 0 Å². The van der Waals surface area contributed by atoms with Crippen LogP contribution in [0.2, 0.25) is 0 Å². The van der Waals surface area contributed by atoms with Crippen LogP contribution in [-0.2, 0) is 28.9 Å². The molecule has 0 bridgehead atoms. The lowest BCUT2D eigenvalue weighted by molar-refractivity contribution is -0.120. The molecule has 0 fully saturated rings. The maximum absolute atomic E-state index is 12.6. The van der Waals surface area contributed by atoms with Gasteiger partial charge in [0, 0.05) is 26.0 Å². The fourth-order valence-electron chi connectivity index (χ4n) is 4.23. The minimum atomic E-state index is -0.391. The molecule has 2 atom stereocenters. The first-order chi connectivity index (χ1) is 15.9. The van der Waals surface area contributed by atoms with Crippen LogP contribution in [0.25, 0.3) is 0 Å². The zero-order chi connectivity index (χ0) is 23.5. The van der Waals surface area contributed by atoms with Crippen molar-refractivity contribution in [2.45, 2.75) is 45.4 Å². The highest BCUT2D eigenvalue weighted by molar-refractivity contribution is 6.04. The van der Waals surface area contributed by atoms with Crippen molar-refractivity contribution >= 4 is 17.3 Å². The number of carbonyl (C=O) groups is 1. The molecule has 1 amide bonds. The fourth-order valence-corrected chi connectivity index (χ4v) is 4.23. The van der Waals surface area contributed by atoms with Crippen LogP contribution in [0.1, 0.15) is 35.0 Å². The number of fused-ring (bicyclic) bond motifs is 1. The Morgan fingerprint density at radius 2 is 2.00 bits per heavy atom. The number of amides is 1. The fraction of sp³-hybridized carbons (Fsp3) is 0.360. The number of methoxy groups -OCH3 is 1. The second-order valence-electron chi connectivity index (χ2n) is 8.43. The molecule has 170 valence electrons. The molecule has 1 aliphatic heterocycles. The first kappa shape index (κ1) is 22.5. The van der Waals surface area contributed by atoms with E-state index in [0.717, 1.165) is 46.7 Å². The molecule has 33 heavy (non-hydrogen) atoms. The van der Waals surface area contributed by atoms with E-state index in [1.807, 2.05) is 67.1 Å². The third kappa shape index (κ3) is 4.73. The maximum Gasteiger partial charge on any atom is 0.249 e. The van der Waals surface area contributed by atoms with E-state index in [0.29, 0.717) is 12.1 Å². The third-order valence-corrected chi connectivity index (χ3v) is 6.15. The quantitative estimate of drug-likeness (QED) is 0.602. The highest BCUT2D eigenvalue weighted by Gasteiger charge is 2.36. The number of likely N-dealkylation sites (N-methyl/N-ethyl adjacent to an activating group) is 1. The van der Waals surface area contributed by atoms with Gasteiger partial charge in [0.1, 0.15) is 6.04 Å². The molecule has 0 radical (unpaired) electrons. The van der Waals surface area contributed by atoms with Crippen molar-refractivity contribution in [3.05, 3.63) is 70.8 Å². The molecule has 0 spiro atoms. The van der Waals surface area contributed by atoms with Gasteiger partial charge in [-0.05, 0) is 56.0 Å². The lowest BCUT2D eigenvalue weighted by Crippen LogP contribution is -2.52. The molecule has 0 aliphatic carbocycles. The molecule has 1 aromatic carbocycles. The highest BCUT2D eigenvalue weighted by atomic mass is 16.5. The van der Waals surface area contributed by atoms with Gasteiger partial charge in [0.2, 0.25) is 5.91 Å².